The molecule has 0 spiro atoms. The number of hydrogen-bond acceptors (Lipinski definition) is 4. The Balaban J connectivity index is 2.06. The molecule has 0 atom stereocenters. The first-order valence-electron chi connectivity index (χ1n) is 8.12. The number of para-hydroxylation sites is 2. The number of nitrogens with zero attached hydrogens (tertiary/aromatic N) is 2. The fourth-order valence-electron chi connectivity index (χ4n) is 2.73. The average Bonchev–Trinajstić information content (AvgIpc) is 2.56. The van der Waals surface area contributed by atoms with Crippen molar-refractivity contribution in [2.75, 3.05) is 13.2 Å². The molecule has 124 valence electrons. The first kappa shape index (κ1) is 16.2. The number of aryl methyl sites for hydroxylation is 4. The summed E-state index contributed by atoms with van der Waals surface area (Å²) in [6.07, 6.45) is 0. The Kier molecular flexibility index (Phi) is 4.65. The molecule has 4 nitrogen and oxygen atoms in total. The molecule has 0 N–H and O–H groups in total. The van der Waals surface area contributed by atoms with Crippen LogP contribution in [0.25, 0.3) is 0 Å². The molecule has 1 aliphatic rings. The van der Waals surface area contributed by atoms with Gasteiger partial charge in [-0.2, -0.15) is 0 Å². The van der Waals surface area contributed by atoms with Crippen LogP contribution in [0.1, 0.15) is 22.3 Å². The van der Waals surface area contributed by atoms with Crippen molar-refractivity contribution in [1.29, 1.82) is 0 Å². The van der Waals surface area contributed by atoms with E-state index >= 15 is 0 Å². The van der Waals surface area contributed by atoms with Gasteiger partial charge in [0.05, 0.1) is 11.4 Å². The highest BCUT2D eigenvalue weighted by Gasteiger charge is 2.20. The Hall–Kier alpha value is -2.62. The third-order valence-electron chi connectivity index (χ3n) is 4.05. The molecule has 0 unspecified atom stereocenters. The largest absolute Gasteiger partial charge is 0.470 e. The lowest BCUT2D eigenvalue weighted by Gasteiger charge is -2.19. The second kappa shape index (κ2) is 6.87. The summed E-state index contributed by atoms with van der Waals surface area (Å²) in [5, 5.41) is 0. The van der Waals surface area contributed by atoms with Crippen molar-refractivity contribution in [3.63, 3.8) is 0 Å². The Morgan fingerprint density at radius 2 is 0.958 bits per heavy atom. The molecule has 0 amide bonds. The molecule has 1 saturated heterocycles. The van der Waals surface area contributed by atoms with E-state index in [2.05, 4.69) is 0 Å². The Morgan fingerprint density at radius 3 is 1.29 bits per heavy atom. The van der Waals surface area contributed by atoms with E-state index in [0.29, 0.717) is 25.0 Å². The molecule has 0 saturated carbocycles. The highest BCUT2D eigenvalue weighted by Crippen LogP contribution is 2.26. The van der Waals surface area contributed by atoms with Gasteiger partial charge in [-0.25, -0.2) is 9.98 Å². The maximum Gasteiger partial charge on any atom is 0.278 e. The Morgan fingerprint density at radius 1 is 0.625 bits per heavy atom. The van der Waals surface area contributed by atoms with Crippen LogP contribution in [0.5, 0.6) is 0 Å². The zero-order valence-corrected chi connectivity index (χ0v) is 14.6. The van der Waals surface area contributed by atoms with E-state index in [1.54, 1.807) is 0 Å². The standard InChI is InChI=1S/C20H22N2O2/c1-13-7-5-8-14(2)17(13)21-19-20(24-12-11-23-19)22-18-15(3)9-6-10-16(18)4/h5-10H,11-12H2,1-4H3. The topological polar surface area (TPSA) is 43.2 Å². The molecule has 0 aromatic heterocycles. The first-order valence-corrected chi connectivity index (χ1v) is 8.12. The van der Waals surface area contributed by atoms with Crippen molar-refractivity contribution >= 4 is 23.2 Å². The highest BCUT2D eigenvalue weighted by atomic mass is 16.6. The smallest absolute Gasteiger partial charge is 0.278 e. The molecular weight excluding hydrogens is 300 g/mol. The van der Waals surface area contributed by atoms with Crippen molar-refractivity contribution in [2.45, 2.75) is 27.7 Å². The number of benzene rings is 2. The van der Waals surface area contributed by atoms with Crippen LogP contribution >= 0.6 is 0 Å². The van der Waals surface area contributed by atoms with Gasteiger partial charge in [0.25, 0.3) is 11.8 Å². The molecule has 2 aromatic carbocycles. The predicted molar refractivity (Wildman–Crippen MR) is 97.9 cm³/mol. The van der Waals surface area contributed by atoms with Crippen LogP contribution in [-0.2, 0) is 9.47 Å². The lowest BCUT2D eigenvalue weighted by Crippen LogP contribution is -2.29. The quantitative estimate of drug-likeness (QED) is 0.802. The van der Waals surface area contributed by atoms with Gasteiger partial charge in [-0.3, -0.25) is 0 Å². The summed E-state index contributed by atoms with van der Waals surface area (Å²) in [5.41, 5.74) is 6.22. The minimum Gasteiger partial charge on any atom is -0.470 e. The van der Waals surface area contributed by atoms with Crippen molar-refractivity contribution in [1.82, 2.24) is 0 Å². The zero-order valence-electron chi connectivity index (χ0n) is 14.6. The van der Waals surface area contributed by atoms with Crippen molar-refractivity contribution in [2.24, 2.45) is 9.98 Å². The summed E-state index contributed by atoms with van der Waals surface area (Å²) in [4.78, 5) is 9.39. The van der Waals surface area contributed by atoms with E-state index in [1.807, 2.05) is 64.1 Å². The van der Waals surface area contributed by atoms with Crippen molar-refractivity contribution < 1.29 is 9.47 Å². The van der Waals surface area contributed by atoms with E-state index in [0.717, 1.165) is 33.6 Å². The number of ether oxygens (including phenoxy) is 2. The van der Waals surface area contributed by atoms with Crippen LogP contribution in [0, 0.1) is 27.7 Å². The highest BCUT2D eigenvalue weighted by molar-refractivity contribution is 6.36. The molecule has 1 heterocycles. The molecule has 4 heteroatoms. The van der Waals surface area contributed by atoms with Crippen molar-refractivity contribution in [3.8, 4) is 0 Å². The van der Waals surface area contributed by atoms with Gasteiger partial charge in [-0.1, -0.05) is 36.4 Å². The second-order valence-corrected chi connectivity index (χ2v) is 6.01. The van der Waals surface area contributed by atoms with Gasteiger partial charge < -0.3 is 9.47 Å². The predicted octanol–water partition coefficient (Wildman–Crippen LogP) is 4.73. The van der Waals surface area contributed by atoms with Crippen molar-refractivity contribution in [3.05, 3.63) is 58.7 Å². The minimum absolute atomic E-state index is 0.446. The van der Waals surface area contributed by atoms with Crippen LogP contribution in [0.4, 0.5) is 11.4 Å². The van der Waals surface area contributed by atoms with Crippen LogP contribution in [0.15, 0.2) is 46.4 Å². The van der Waals surface area contributed by atoms with Crippen LogP contribution in [0.2, 0.25) is 0 Å². The number of rotatable bonds is 2. The Bertz CT molecular complexity index is 712. The molecule has 0 radical (unpaired) electrons. The molecule has 3 rings (SSSR count). The summed E-state index contributed by atoms with van der Waals surface area (Å²) < 4.78 is 11.5. The fraction of sp³-hybridized carbons (Fsp3) is 0.300. The zero-order chi connectivity index (χ0) is 17.1. The van der Waals surface area contributed by atoms with E-state index in [9.17, 15) is 0 Å². The molecule has 0 aliphatic carbocycles. The maximum absolute atomic E-state index is 5.75. The molecule has 24 heavy (non-hydrogen) atoms. The Labute approximate surface area is 142 Å². The van der Waals surface area contributed by atoms with Gasteiger partial charge in [0.15, 0.2) is 0 Å². The lowest BCUT2D eigenvalue weighted by atomic mass is 10.1. The van der Waals surface area contributed by atoms with Crippen LogP contribution < -0.4 is 0 Å². The lowest BCUT2D eigenvalue weighted by molar-refractivity contribution is 0.173. The average molecular weight is 322 g/mol. The molecule has 1 fully saturated rings. The van der Waals surface area contributed by atoms with Gasteiger partial charge in [-0.05, 0) is 49.9 Å². The van der Waals surface area contributed by atoms with Gasteiger partial charge in [0.1, 0.15) is 13.2 Å². The van der Waals surface area contributed by atoms with Gasteiger partial charge in [-0.15, -0.1) is 0 Å². The first-order chi connectivity index (χ1) is 11.6. The summed E-state index contributed by atoms with van der Waals surface area (Å²) in [5.74, 6) is 0.891. The molecule has 1 aliphatic heterocycles. The number of hydrogen-bond donors (Lipinski definition) is 0. The fourth-order valence-corrected chi connectivity index (χ4v) is 2.73. The maximum atomic E-state index is 5.75. The molecule has 2 aromatic rings. The van der Waals surface area contributed by atoms with Gasteiger partial charge in [0.2, 0.25) is 0 Å². The third-order valence-corrected chi connectivity index (χ3v) is 4.05. The summed E-state index contributed by atoms with van der Waals surface area (Å²) in [6, 6.07) is 12.2. The SMILES string of the molecule is Cc1cccc(C)c1N=C1OCCOC1=Nc1c(C)cccc1C. The third kappa shape index (κ3) is 3.32. The summed E-state index contributed by atoms with van der Waals surface area (Å²) in [7, 11) is 0. The summed E-state index contributed by atoms with van der Waals surface area (Å²) in [6.45, 7) is 9.12. The minimum atomic E-state index is 0.446. The van der Waals surface area contributed by atoms with E-state index in [-0.39, 0.29) is 0 Å². The van der Waals surface area contributed by atoms with Gasteiger partial charge >= 0.3 is 0 Å². The molecule has 0 bridgehead atoms. The number of aliphatic imine (C=N–C) groups is 2. The monoisotopic (exact) mass is 322 g/mol. The normalized spacial score (nSPS) is 17.7. The molecular formula is C20H22N2O2. The van der Waals surface area contributed by atoms with Gasteiger partial charge in [0, 0.05) is 0 Å². The van der Waals surface area contributed by atoms with E-state index in [1.165, 1.54) is 0 Å². The summed E-state index contributed by atoms with van der Waals surface area (Å²) >= 11 is 0. The van der Waals surface area contributed by atoms with E-state index in [4.69, 9.17) is 19.5 Å². The van der Waals surface area contributed by atoms with Crippen LogP contribution in [0.3, 0.4) is 0 Å². The van der Waals surface area contributed by atoms with Crippen LogP contribution in [-0.4, -0.2) is 25.0 Å². The van der Waals surface area contributed by atoms with E-state index < -0.39 is 0 Å². The second-order valence-electron chi connectivity index (χ2n) is 6.01.